The van der Waals surface area contributed by atoms with Crippen LogP contribution >= 0.6 is 0 Å². The van der Waals surface area contributed by atoms with Gasteiger partial charge in [0.2, 0.25) is 0 Å². The van der Waals surface area contributed by atoms with Crippen molar-refractivity contribution in [1.82, 2.24) is 0 Å². The van der Waals surface area contributed by atoms with Crippen molar-refractivity contribution >= 4 is 0 Å². The average molecular weight is 165 g/mol. The summed E-state index contributed by atoms with van der Waals surface area (Å²) in [7, 11) is 0. The van der Waals surface area contributed by atoms with Gasteiger partial charge in [-0.05, 0) is 44.4 Å². The van der Waals surface area contributed by atoms with Crippen molar-refractivity contribution in [1.29, 1.82) is 0 Å². The lowest BCUT2D eigenvalue weighted by molar-refractivity contribution is 0.235. The van der Waals surface area contributed by atoms with Crippen molar-refractivity contribution in [3.8, 4) is 0 Å². The van der Waals surface area contributed by atoms with Gasteiger partial charge in [-0.25, -0.2) is 0 Å². The molecule has 0 aromatic carbocycles. The Labute approximate surface area is 75.0 Å². The Bertz CT molecular complexity index is 229. The third-order valence-corrected chi connectivity index (χ3v) is 4.10. The minimum atomic E-state index is 0.439. The van der Waals surface area contributed by atoms with Crippen LogP contribution in [0.4, 0.5) is 0 Å². The lowest BCUT2D eigenvalue weighted by Crippen LogP contribution is -2.40. The van der Waals surface area contributed by atoms with E-state index in [9.17, 15) is 0 Å². The fraction of sp³-hybridized carbons (Fsp3) is 0.818. The first-order valence-corrected chi connectivity index (χ1v) is 5.05. The Hall–Kier alpha value is -0.300. The highest BCUT2D eigenvalue weighted by Gasteiger charge is 2.42. The SMILES string of the molecule is CC1=C(C)C2C(N)C1CC[C@@H]2C. The van der Waals surface area contributed by atoms with Crippen molar-refractivity contribution in [2.75, 3.05) is 0 Å². The Morgan fingerprint density at radius 1 is 1.17 bits per heavy atom. The zero-order valence-corrected chi connectivity index (χ0v) is 8.30. The van der Waals surface area contributed by atoms with Crippen molar-refractivity contribution in [2.45, 2.75) is 39.7 Å². The number of nitrogens with two attached hydrogens (primary N) is 1. The first-order valence-electron chi connectivity index (χ1n) is 5.05. The molecule has 1 fully saturated rings. The van der Waals surface area contributed by atoms with Gasteiger partial charge in [0.05, 0.1) is 0 Å². The van der Waals surface area contributed by atoms with Crippen LogP contribution in [0.5, 0.6) is 0 Å². The molecule has 2 aliphatic carbocycles. The van der Waals surface area contributed by atoms with E-state index in [4.69, 9.17) is 5.73 Å². The van der Waals surface area contributed by atoms with Gasteiger partial charge in [-0.1, -0.05) is 18.1 Å². The maximum Gasteiger partial charge on any atom is 0.0173 e. The van der Waals surface area contributed by atoms with E-state index in [1.54, 1.807) is 11.1 Å². The molecule has 2 N–H and O–H groups in total. The monoisotopic (exact) mass is 165 g/mol. The number of fused-ring (bicyclic) bond motifs is 2. The lowest BCUT2D eigenvalue weighted by Gasteiger charge is -2.33. The van der Waals surface area contributed by atoms with Gasteiger partial charge in [0, 0.05) is 6.04 Å². The number of hydrogen-bond donors (Lipinski definition) is 1. The van der Waals surface area contributed by atoms with Crippen LogP contribution in [0.15, 0.2) is 11.1 Å². The molecule has 0 radical (unpaired) electrons. The molecule has 2 aliphatic rings. The molecule has 0 aromatic rings. The molecule has 4 atom stereocenters. The van der Waals surface area contributed by atoms with Crippen LogP contribution < -0.4 is 5.73 Å². The van der Waals surface area contributed by atoms with Gasteiger partial charge >= 0.3 is 0 Å². The maximum atomic E-state index is 6.21. The summed E-state index contributed by atoms with van der Waals surface area (Å²) in [6.07, 6.45) is 2.69. The second-order valence-corrected chi connectivity index (χ2v) is 4.63. The minimum Gasteiger partial charge on any atom is -0.327 e. The van der Waals surface area contributed by atoms with Gasteiger partial charge in [-0.15, -0.1) is 0 Å². The van der Waals surface area contributed by atoms with E-state index < -0.39 is 0 Å². The van der Waals surface area contributed by atoms with Gasteiger partial charge in [0.15, 0.2) is 0 Å². The summed E-state index contributed by atoms with van der Waals surface area (Å²) in [5, 5.41) is 0. The van der Waals surface area contributed by atoms with E-state index in [2.05, 4.69) is 20.8 Å². The second kappa shape index (κ2) is 2.59. The van der Waals surface area contributed by atoms with Crippen LogP contribution in [0.1, 0.15) is 33.6 Å². The van der Waals surface area contributed by atoms with Gasteiger partial charge in [-0.3, -0.25) is 0 Å². The molecule has 1 heteroatoms. The van der Waals surface area contributed by atoms with E-state index in [0.717, 1.165) is 5.92 Å². The Kier molecular flexibility index (Phi) is 1.80. The highest BCUT2D eigenvalue weighted by molar-refractivity contribution is 5.29. The molecule has 3 unspecified atom stereocenters. The van der Waals surface area contributed by atoms with Crippen LogP contribution in [0.2, 0.25) is 0 Å². The van der Waals surface area contributed by atoms with E-state index in [0.29, 0.717) is 17.9 Å². The molecule has 2 rings (SSSR count). The summed E-state index contributed by atoms with van der Waals surface area (Å²) in [4.78, 5) is 0. The number of hydrogen-bond acceptors (Lipinski definition) is 1. The molecule has 0 heterocycles. The number of rotatable bonds is 0. The van der Waals surface area contributed by atoms with Crippen LogP contribution in [0.3, 0.4) is 0 Å². The van der Waals surface area contributed by atoms with Gasteiger partial charge in [0.1, 0.15) is 0 Å². The summed E-state index contributed by atoms with van der Waals surface area (Å²) in [5.41, 5.74) is 9.40. The molecule has 68 valence electrons. The zero-order valence-electron chi connectivity index (χ0n) is 8.30. The molecule has 0 saturated heterocycles. The Morgan fingerprint density at radius 3 is 2.42 bits per heavy atom. The summed E-state index contributed by atoms with van der Waals surface area (Å²) < 4.78 is 0. The smallest absolute Gasteiger partial charge is 0.0173 e. The van der Waals surface area contributed by atoms with Crippen LogP contribution in [-0.2, 0) is 0 Å². The topological polar surface area (TPSA) is 26.0 Å². The third-order valence-electron chi connectivity index (χ3n) is 4.10. The van der Waals surface area contributed by atoms with Crippen LogP contribution in [0, 0.1) is 17.8 Å². The second-order valence-electron chi connectivity index (χ2n) is 4.63. The molecule has 0 amide bonds. The highest BCUT2D eigenvalue weighted by Crippen LogP contribution is 2.47. The molecule has 12 heavy (non-hydrogen) atoms. The first-order chi connectivity index (χ1) is 5.63. The van der Waals surface area contributed by atoms with Crippen LogP contribution in [0.25, 0.3) is 0 Å². The van der Waals surface area contributed by atoms with Crippen molar-refractivity contribution in [3.05, 3.63) is 11.1 Å². The van der Waals surface area contributed by atoms with Crippen molar-refractivity contribution in [3.63, 3.8) is 0 Å². The van der Waals surface area contributed by atoms with E-state index in [-0.39, 0.29) is 0 Å². The van der Waals surface area contributed by atoms with E-state index in [1.165, 1.54) is 12.8 Å². The molecule has 0 aliphatic heterocycles. The standard InChI is InChI=1S/C11H19N/c1-6-4-5-9-7(2)8(3)10(6)11(9)12/h6,9-11H,4-5,12H2,1-3H3/t6-,9?,10?,11?/m0/s1. The summed E-state index contributed by atoms with van der Waals surface area (Å²) in [5.74, 6) is 2.23. The predicted molar refractivity (Wildman–Crippen MR) is 51.7 cm³/mol. The first kappa shape index (κ1) is 8.31. The average Bonchev–Trinajstić information content (AvgIpc) is 2.14. The molecular weight excluding hydrogens is 146 g/mol. The molecule has 0 aromatic heterocycles. The molecule has 1 saturated carbocycles. The fourth-order valence-electron chi connectivity index (χ4n) is 3.22. The highest BCUT2D eigenvalue weighted by atomic mass is 14.7. The zero-order chi connectivity index (χ0) is 8.88. The maximum absolute atomic E-state index is 6.21. The van der Waals surface area contributed by atoms with E-state index in [1.807, 2.05) is 0 Å². The quantitative estimate of drug-likeness (QED) is 0.548. The summed E-state index contributed by atoms with van der Waals surface area (Å²) in [6, 6.07) is 0.439. The normalized spacial score (nSPS) is 47.0. The summed E-state index contributed by atoms with van der Waals surface area (Å²) >= 11 is 0. The third kappa shape index (κ3) is 0.891. The van der Waals surface area contributed by atoms with Crippen LogP contribution in [-0.4, -0.2) is 6.04 Å². The molecule has 1 nitrogen and oxygen atoms in total. The van der Waals surface area contributed by atoms with Crippen molar-refractivity contribution in [2.24, 2.45) is 23.5 Å². The van der Waals surface area contributed by atoms with Gasteiger partial charge in [-0.2, -0.15) is 0 Å². The predicted octanol–water partition coefficient (Wildman–Crippen LogP) is 2.33. The lowest BCUT2D eigenvalue weighted by atomic mass is 9.75. The van der Waals surface area contributed by atoms with Gasteiger partial charge < -0.3 is 5.73 Å². The summed E-state index contributed by atoms with van der Waals surface area (Å²) in [6.45, 7) is 6.91. The van der Waals surface area contributed by atoms with Gasteiger partial charge in [0.25, 0.3) is 0 Å². The minimum absolute atomic E-state index is 0.439. The molecular formula is C11H19N. The molecule has 2 bridgehead atoms. The van der Waals surface area contributed by atoms with E-state index >= 15 is 0 Å². The fourth-order valence-corrected chi connectivity index (χ4v) is 3.22. The Morgan fingerprint density at radius 2 is 1.83 bits per heavy atom. The molecule has 0 spiro atoms. The Balaban J connectivity index is 2.36. The van der Waals surface area contributed by atoms with Crippen molar-refractivity contribution < 1.29 is 0 Å². The largest absolute Gasteiger partial charge is 0.327 e.